The second-order valence-corrected chi connectivity index (χ2v) is 8.88. The van der Waals surface area contributed by atoms with E-state index in [9.17, 15) is 4.79 Å². The van der Waals surface area contributed by atoms with Crippen molar-refractivity contribution in [3.05, 3.63) is 91.5 Å². The summed E-state index contributed by atoms with van der Waals surface area (Å²) in [5, 5.41) is 0.698. The van der Waals surface area contributed by atoms with Crippen molar-refractivity contribution in [3.63, 3.8) is 0 Å². The smallest absolute Gasteiger partial charge is 0.274 e. The van der Waals surface area contributed by atoms with Crippen LogP contribution in [0.3, 0.4) is 0 Å². The van der Waals surface area contributed by atoms with Crippen LogP contribution in [0.1, 0.15) is 22.4 Å². The molecule has 0 aliphatic rings. The number of thiazole rings is 1. The van der Waals surface area contributed by atoms with Gasteiger partial charge in [0.1, 0.15) is 12.1 Å². The summed E-state index contributed by atoms with van der Waals surface area (Å²) >= 11 is 7.66. The van der Waals surface area contributed by atoms with Crippen LogP contribution in [0.15, 0.2) is 54.0 Å². The third kappa shape index (κ3) is 3.56. The van der Waals surface area contributed by atoms with Gasteiger partial charge in [-0.3, -0.25) is 13.8 Å². The van der Waals surface area contributed by atoms with Gasteiger partial charge in [0.15, 0.2) is 4.96 Å². The second kappa shape index (κ2) is 7.44. The first kappa shape index (κ1) is 19.7. The Kier molecular flexibility index (Phi) is 4.72. The summed E-state index contributed by atoms with van der Waals surface area (Å²) in [6.45, 7) is 5.93. The first-order chi connectivity index (χ1) is 14.9. The van der Waals surface area contributed by atoms with E-state index in [1.165, 1.54) is 11.3 Å². The van der Waals surface area contributed by atoms with E-state index in [4.69, 9.17) is 11.6 Å². The number of hydrogen-bond donors (Lipinski definition) is 0. The normalized spacial score (nSPS) is 12.2. The zero-order chi connectivity index (χ0) is 21.7. The number of hydrogen-bond acceptors (Lipinski definition) is 5. The molecule has 0 radical (unpaired) electrons. The van der Waals surface area contributed by atoms with Crippen LogP contribution in [0.5, 0.6) is 0 Å². The number of benzene rings is 1. The van der Waals surface area contributed by atoms with E-state index in [0.717, 1.165) is 33.8 Å². The molecule has 0 aliphatic heterocycles. The Morgan fingerprint density at radius 1 is 1.10 bits per heavy atom. The number of halogens is 1. The predicted octanol–water partition coefficient (Wildman–Crippen LogP) is 4.13. The maximum absolute atomic E-state index is 12.9. The number of aromatic nitrogens is 5. The molecule has 0 bridgehead atoms. The molecule has 5 aromatic rings. The average Bonchev–Trinajstić information content (AvgIpc) is 3.43. The fourth-order valence-corrected chi connectivity index (χ4v) is 4.62. The Bertz CT molecular complexity index is 1520. The molecule has 0 spiro atoms. The lowest BCUT2D eigenvalue weighted by molar-refractivity contribution is 0.993. The molecule has 8 heteroatoms. The number of fused-ring (bicyclic) bond motifs is 1. The molecule has 4 heterocycles. The van der Waals surface area contributed by atoms with Crippen LogP contribution >= 0.6 is 22.9 Å². The fraction of sp³-hybridized carbons (Fsp3) is 0.130. The SMILES string of the molecule is Cc1cn(-c2ccc(-c3cn4c(=O)c(=Cc5cc(C)c(C)c(Cl)c5)sc4n3)cn2)cn1. The molecule has 0 atom stereocenters. The summed E-state index contributed by atoms with van der Waals surface area (Å²) in [5.41, 5.74) is 5.45. The molecular weight excluding hydrogens is 430 g/mol. The monoisotopic (exact) mass is 447 g/mol. The van der Waals surface area contributed by atoms with Crippen molar-refractivity contribution >= 4 is 34.0 Å². The molecule has 0 aliphatic carbocycles. The van der Waals surface area contributed by atoms with Crippen LogP contribution in [0.25, 0.3) is 28.1 Å². The summed E-state index contributed by atoms with van der Waals surface area (Å²) in [6, 6.07) is 7.76. The molecule has 0 saturated heterocycles. The topological polar surface area (TPSA) is 65.1 Å². The van der Waals surface area contributed by atoms with Gasteiger partial charge in [-0.1, -0.05) is 29.0 Å². The van der Waals surface area contributed by atoms with Crippen molar-refractivity contribution in [2.24, 2.45) is 0 Å². The number of imidazole rings is 2. The molecule has 31 heavy (non-hydrogen) atoms. The lowest BCUT2D eigenvalue weighted by Gasteiger charge is -2.03. The van der Waals surface area contributed by atoms with Gasteiger partial charge < -0.3 is 0 Å². The summed E-state index contributed by atoms with van der Waals surface area (Å²) < 4.78 is 4.07. The van der Waals surface area contributed by atoms with Crippen molar-refractivity contribution in [1.82, 2.24) is 23.9 Å². The minimum absolute atomic E-state index is 0.0911. The standard InChI is InChI=1S/C23H18ClN5OS/c1-13-6-16(7-18(24)15(13)3)8-20-22(30)29-11-19(27-23(29)31-20)17-4-5-21(25-9-17)28-10-14(2)26-12-28/h4-12H,1-3H3. The summed E-state index contributed by atoms with van der Waals surface area (Å²) in [5.74, 6) is 0.777. The minimum Gasteiger partial charge on any atom is -0.290 e. The quantitative estimate of drug-likeness (QED) is 0.417. The van der Waals surface area contributed by atoms with Crippen molar-refractivity contribution < 1.29 is 0 Å². The number of nitrogens with zero attached hydrogens (tertiary/aromatic N) is 5. The molecule has 0 amide bonds. The van der Waals surface area contributed by atoms with Crippen molar-refractivity contribution in [3.8, 4) is 17.1 Å². The van der Waals surface area contributed by atoms with Crippen LogP contribution in [0, 0.1) is 20.8 Å². The summed E-state index contributed by atoms with van der Waals surface area (Å²) in [4.78, 5) is 26.9. The molecule has 0 saturated carbocycles. The van der Waals surface area contributed by atoms with Crippen molar-refractivity contribution in [2.45, 2.75) is 20.8 Å². The summed E-state index contributed by atoms with van der Waals surface area (Å²) in [7, 11) is 0. The van der Waals surface area contributed by atoms with E-state index in [-0.39, 0.29) is 5.56 Å². The molecule has 154 valence electrons. The molecule has 0 unspecified atom stereocenters. The Hall–Kier alpha value is -3.29. The van der Waals surface area contributed by atoms with Gasteiger partial charge in [-0.2, -0.15) is 0 Å². The molecule has 1 aromatic carbocycles. The van der Waals surface area contributed by atoms with Crippen molar-refractivity contribution in [1.29, 1.82) is 0 Å². The Labute approximate surface area is 187 Å². The van der Waals surface area contributed by atoms with Gasteiger partial charge in [0, 0.05) is 29.2 Å². The van der Waals surface area contributed by atoms with Gasteiger partial charge in [0.2, 0.25) is 0 Å². The molecule has 0 N–H and O–H groups in total. The zero-order valence-corrected chi connectivity index (χ0v) is 18.7. The van der Waals surface area contributed by atoms with Gasteiger partial charge >= 0.3 is 0 Å². The van der Waals surface area contributed by atoms with Crippen LogP contribution in [0.2, 0.25) is 5.02 Å². The molecule has 0 fully saturated rings. The minimum atomic E-state index is -0.0911. The van der Waals surface area contributed by atoms with E-state index in [1.807, 2.05) is 61.9 Å². The Morgan fingerprint density at radius 2 is 1.94 bits per heavy atom. The van der Waals surface area contributed by atoms with Gasteiger partial charge in [-0.25, -0.2) is 15.0 Å². The highest BCUT2D eigenvalue weighted by molar-refractivity contribution is 7.15. The highest BCUT2D eigenvalue weighted by Gasteiger charge is 2.11. The fourth-order valence-electron chi connectivity index (χ4n) is 3.39. The second-order valence-electron chi connectivity index (χ2n) is 7.47. The highest BCUT2D eigenvalue weighted by Crippen LogP contribution is 2.22. The summed E-state index contributed by atoms with van der Waals surface area (Å²) in [6.07, 6.45) is 9.03. The number of pyridine rings is 1. The van der Waals surface area contributed by atoms with Crippen LogP contribution in [-0.4, -0.2) is 23.9 Å². The molecule has 5 rings (SSSR count). The molecule has 4 aromatic heterocycles. The molecule has 6 nitrogen and oxygen atoms in total. The highest BCUT2D eigenvalue weighted by atomic mass is 35.5. The van der Waals surface area contributed by atoms with E-state index < -0.39 is 0 Å². The van der Waals surface area contributed by atoms with Gasteiger partial charge in [0.05, 0.1) is 15.9 Å². The Morgan fingerprint density at radius 3 is 2.58 bits per heavy atom. The maximum atomic E-state index is 12.9. The van der Waals surface area contributed by atoms with Crippen LogP contribution in [-0.2, 0) is 0 Å². The van der Waals surface area contributed by atoms with Crippen molar-refractivity contribution in [2.75, 3.05) is 0 Å². The lowest BCUT2D eigenvalue weighted by atomic mass is 10.1. The van der Waals surface area contributed by atoms with Gasteiger partial charge in [0.25, 0.3) is 5.56 Å². The van der Waals surface area contributed by atoms with Gasteiger partial charge in [-0.15, -0.1) is 0 Å². The maximum Gasteiger partial charge on any atom is 0.274 e. The third-order valence-electron chi connectivity index (χ3n) is 5.25. The first-order valence-electron chi connectivity index (χ1n) is 9.67. The first-order valence-corrected chi connectivity index (χ1v) is 10.9. The largest absolute Gasteiger partial charge is 0.290 e. The van der Waals surface area contributed by atoms with E-state index in [2.05, 4.69) is 15.0 Å². The number of rotatable bonds is 3. The van der Waals surface area contributed by atoms with E-state index >= 15 is 0 Å². The van der Waals surface area contributed by atoms with E-state index in [0.29, 0.717) is 20.2 Å². The van der Waals surface area contributed by atoms with Gasteiger partial charge in [-0.05, 0) is 61.7 Å². The number of aryl methyl sites for hydroxylation is 2. The lowest BCUT2D eigenvalue weighted by Crippen LogP contribution is -2.22. The average molecular weight is 448 g/mol. The molecular formula is C23H18ClN5OS. The van der Waals surface area contributed by atoms with E-state index in [1.54, 1.807) is 23.1 Å². The Balaban J connectivity index is 1.50. The predicted molar refractivity (Wildman–Crippen MR) is 124 cm³/mol. The zero-order valence-electron chi connectivity index (χ0n) is 17.1. The van der Waals surface area contributed by atoms with Crippen LogP contribution < -0.4 is 10.1 Å². The third-order valence-corrected chi connectivity index (χ3v) is 6.62. The van der Waals surface area contributed by atoms with Crippen LogP contribution in [0.4, 0.5) is 0 Å².